The molecule has 70 valence electrons. The number of rotatable bonds is 2. The van der Waals surface area contributed by atoms with Crippen LogP contribution in [-0.4, -0.2) is 24.4 Å². The maximum atomic E-state index is 6.25. The number of ether oxygens (including phenoxy) is 2. The van der Waals surface area contributed by atoms with Crippen LogP contribution in [0.25, 0.3) is 0 Å². The van der Waals surface area contributed by atoms with Gasteiger partial charge in [0.05, 0.1) is 6.10 Å². The molecule has 2 heterocycles. The van der Waals surface area contributed by atoms with Gasteiger partial charge in [0.1, 0.15) is 5.06 Å². The van der Waals surface area contributed by atoms with Gasteiger partial charge in [0, 0.05) is 19.6 Å². The molecule has 0 aliphatic carbocycles. The molecule has 2 aliphatic heterocycles. The number of hydrogen-bond acceptors (Lipinski definition) is 2. The number of halogens is 1. The van der Waals surface area contributed by atoms with Crippen molar-refractivity contribution in [3.63, 3.8) is 0 Å². The molecule has 12 heavy (non-hydrogen) atoms. The van der Waals surface area contributed by atoms with E-state index in [0.717, 1.165) is 38.9 Å². The van der Waals surface area contributed by atoms with Crippen molar-refractivity contribution in [1.82, 2.24) is 0 Å². The summed E-state index contributed by atoms with van der Waals surface area (Å²) in [7, 11) is 0. The fraction of sp³-hybridized carbons (Fsp3) is 1.00. The van der Waals surface area contributed by atoms with E-state index in [1.165, 1.54) is 6.42 Å². The minimum atomic E-state index is -0.394. The molecule has 2 aliphatic rings. The van der Waals surface area contributed by atoms with Crippen LogP contribution in [0.3, 0.4) is 0 Å². The highest BCUT2D eigenvalue weighted by molar-refractivity contribution is 6.23. The molecular weight excluding hydrogens is 176 g/mol. The molecule has 2 atom stereocenters. The first kappa shape index (κ1) is 8.79. The van der Waals surface area contributed by atoms with E-state index >= 15 is 0 Å². The third-order valence-electron chi connectivity index (χ3n) is 2.61. The van der Waals surface area contributed by atoms with E-state index in [4.69, 9.17) is 21.1 Å². The zero-order valence-electron chi connectivity index (χ0n) is 7.22. The Bertz CT molecular complexity index is 149. The van der Waals surface area contributed by atoms with E-state index in [-0.39, 0.29) is 0 Å². The van der Waals surface area contributed by atoms with Gasteiger partial charge in [0.2, 0.25) is 0 Å². The fourth-order valence-corrected chi connectivity index (χ4v) is 2.35. The Kier molecular flexibility index (Phi) is 2.58. The zero-order chi connectivity index (χ0) is 8.44. The molecule has 0 aromatic carbocycles. The van der Waals surface area contributed by atoms with E-state index in [1.807, 2.05) is 0 Å². The Morgan fingerprint density at radius 1 is 1.33 bits per heavy atom. The molecular formula is C9H15ClO2. The lowest BCUT2D eigenvalue weighted by Gasteiger charge is -2.23. The van der Waals surface area contributed by atoms with E-state index in [9.17, 15) is 0 Å². The van der Waals surface area contributed by atoms with Gasteiger partial charge in [-0.2, -0.15) is 0 Å². The van der Waals surface area contributed by atoms with Crippen LogP contribution in [0.4, 0.5) is 0 Å². The van der Waals surface area contributed by atoms with E-state index in [0.29, 0.717) is 6.10 Å². The van der Waals surface area contributed by atoms with E-state index in [1.54, 1.807) is 0 Å². The minimum Gasteiger partial charge on any atom is -0.378 e. The van der Waals surface area contributed by atoms with Crippen molar-refractivity contribution in [3.8, 4) is 0 Å². The van der Waals surface area contributed by atoms with Gasteiger partial charge in [-0.15, -0.1) is 0 Å². The first-order valence-electron chi connectivity index (χ1n) is 4.73. The SMILES string of the molecule is ClC1(CC2CCCO2)CCCO1. The second-order valence-electron chi connectivity index (χ2n) is 3.67. The summed E-state index contributed by atoms with van der Waals surface area (Å²) < 4.78 is 11.0. The van der Waals surface area contributed by atoms with Crippen LogP contribution in [0.5, 0.6) is 0 Å². The smallest absolute Gasteiger partial charge is 0.144 e. The zero-order valence-corrected chi connectivity index (χ0v) is 7.98. The third kappa shape index (κ3) is 1.93. The maximum absolute atomic E-state index is 6.25. The molecule has 0 aromatic heterocycles. The molecule has 2 unspecified atom stereocenters. The summed E-state index contributed by atoms with van der Waals surface area (Å²) in [5.74, 6) is 0. The monoisotopic (exact) mass is 190 g/mol. The minimum absolute atomic E-state index is 0.348. The number of alkyl halides is 1. The predicted molar refractivity (Wildman–Crippen MR) is 47.4 cm³/mol. The van der Waals surface area contributed by atoms with Crippen LogP contribution in [0.1, 0.15) is 32.1 Å². The van der Waals surface area contributed by atoms with Gasteiger partial charge in [0.15, 0.2) is 0 Å². The van der Waals surface area contributed by atoms with Crippen molar-refractivity contribution in [2.45, 2.75) is 43.3 Å². The van der Waals surface area contributed by atoms with Crippen molar-refractivity contribution in [3.05, 3.63) is 0 Å². The molecule has 0 aromatic rings. The van der Waals surface area contributed by atoms with Crippen LogP contribution in [-0.2, 0) is 9.47 Å². The topological polar surface area (TPSA) is 18.5 Å². The van der Waals surface area contributed by atoms with Crippen LogP contribution < -0.4 is 0 Å². The first-order chi connectivity index (χ1) is 5.79. The average molecular weight is 191 g/mol. The summed E-state index contributed by atoms with van der Waals surface area (Å²) in [4.78, 5) is 0. The van der Waals surface area contributed by atoms with Gasteiger partial charge in [-0.1, -0.05) is 11.6 Å². The lowest BCUT2D eigenvalue weighted by Crippen LogP contribution is -2.26. The molecule has 0 saturated carbocycles. The van der Waals surface area contributed by atoms with E-state index in [2.05, 4.69) is 0 Å². The lowest BCUT2D eigenvalue weighted by atomic mass is 10.1. The summed E-state index contributed by atoms with van der Waals surface area (Å²) in [6.07, 6.45) is 5.62. The average Bonchev–Trinajstić information content (AvgIpc) is 2.62. The Morgan fingerprint density at radius 3 is 2.83 bits per heavy atom. The molecule has 0 amide bonds. The molecule has 2 rings (SSSR count). The van der Waals surface area contributed by atoms with Crippen LogP contribution in [0.15, 0.2) is 0 Å². The van der Waals surface area contributed by atoms with Gasteiger partial charge >= 0.3 is 0 Å². The molecule has 0 N–H and O–H groups in total. The summed E-state index contributed by atoms with van der Waals surface area (Å²) in [6.45, 7) is 1.72. The van der Waals surface area contributed by atoms with Crippen molar-refractivity contribution in [1.29, 1.82) is 0 Å². The second kappa shape index (κ2) is 3.52. The Morgan fingerprint density at radius 2 is 2.25 bits per heavy atom. The van der Waals surface area contributed by atoms with Crippen molar-refractivity contribution in [2.24, 2.45) is 0 Å². The highest BCUT2D eigenvalue weighted by Gasteiger charge is 2.36. The molecule has 0 spiro atoms. The van der Waals surface area contributed by atoms with Crippen molar-refractivity contribution < 1.29 is 9.47 Å². The quantitative estimate of drug-likeness (QED) is 0.623. The lowest BCUT2D eigenvalue weighted by molar-refractivity contribution is 0.0131. The maximum Gasteiger partial charge on any atom is 0.144 e. The highest BCUT2D eigenvalue weighted by Crippen LogP contribution is 2.36. The summed E-state index contributed by atoms with van der Waals surface area (Å²) in [5.41, 5.74) is 0. The molecule has 2 nitrogen and oxygen atoms in total. The van der Waals surface area contributed by atoms with Gasteiger partial charge in [-0.05, 0) is 25.7 Å². The van der Waals surface area contributed by atoms with Crippen LogP contribution in [0, 0.1) is 0 Å². The highest BCUT2D eigenvalue weighted by atomic mass is 35.5. The predicted octanol–water partition coefficient (Wildman–Crippen LogP) is 2.30. The Hall–Kier alpha value is 0.210. The summed E-state index contributed by atoms with van der Waals surface area (Å²) in [5, 5.41) is -0.394. The first-order valence-corrected chi connectivity index (χ1v) is 5.11. The number of hydrogen-bond donors (Lipinski definition) is 0. The normalized spacial score (nSPS) is 42.2. The van der Waals surface area contributed by atoms with Crippen molar-refractivity contribution in [2.75, 3.05) is 13.2 Å². The summed E-state index contributed by atoms with van der Waals surface area (Å²) in [6, 6.07) is 0. The molecule has 0 bridgehead atoms. The van der Waals surface area contributed by atoms with Crippen LogP contribution in [0.2, 0.25) is 0 Å². The molecule has 2 fully saturated rings. The van der Waals surface area contributed by atoms with Gasteiger partial charge in [-0.25, -0.2) is 0 Å². The van der Waals surface area contributed by atoms with E-state index < -0.39 is 5.06 Å². The molecule has 3 heteroatoms. The molecule has 0 radical (unpaired) electrons. The van der Waals surface area contributed by atoms with Crippen LogP contribution >= 0.6 is 11.6 Å². The third-order valence-corrected chi connectivity index (χ3v) is 3.06. The standard InChI is InChI=1S/C9H15ClO2/c10-9(4-2-6-12-9)7-8-3-1-5-11-8/h8H,1-7H2. The van der Waals surface area contributed by atoms with Crippen molar-refractivity contribution >= 4 is 11.6 Å². The summed E-state index contributed by atoms with van der Waals surface area (Å²) >= 11 is 6.25. The van der Waals surface area contributed by atoms with Gasteiger partial charge in [0.25, 0.3) is 0 Å². The second-order valence-corrected chi connectivity index (χ2v) is 4.36. The largest absolute Gasteiger partial charge is 0.378 e. The fourth-order valence-electron chi connectivity index (χ4n) is 1.97. The van der Waals surface area contributed by atoms with Gasteiger partial charge in [-0.3, -0.25) is 0 Å². The Labute approximate surface area is 78.2 Å². The Balaban J connectivity index is 1.83. The molecule has 2 saturated heterocycles. The van der Waals surface area contributed by atoms with Gasteiger partial charge < -0.3 is 9.47 Å².